The second kappa shape index (κ2) is 11.2. The summed E-state index contributed by atoms with van der Waals surface area (Å²) in [6.07, 6.45) is 0. The second-order valence-electron chi connectivity index (χ2n) is 9.63. The first kappa shape index (κ1) is 26.9. The Hall–Kier alpha value is -4.68. The Kier molecular flexibility index (Phi) is 7.54. The van der Waals surface area contributed by atoms with Crippen LogP contribution in [0.2, 0.25) is 5.02 Å². The number of esters is 1. The van der Waals surface area contributed by atoms with Gasteiger partial charge in [0.15, 0.2) is 0 Å². The first-order valence-corrected chi connectivity index (χ1v) is 13.2. The van der Waals surface area contributed by atoms with E-state index in [4.69, 9.17) is 21.4 Å². The molecule has 1 aromatic heterocycles. The van der Waals surface area contributed by atoms with E-state index in [9.17, 15) is 9.59 Å². The minimum Gasteiger partial charge on any atom is -0.407 e. The smallest absolute Gasteiger partial charge is 0.309 e. The summed E-state index contributed by atoms with van der Waals surface area (Å²) in [6, 6.07) is 28.2. The molecule has 40 heavy (non-hydrogen) atoms. The highest BCUT2D eigenvalue weighted by molar-refractivity contribution is 6.34. The van der Waals surface area contributed by atoms with Crippen molar-refractivity contribution in [1.82, 2.24) is 9.78 Å². The number of nitrogens with zero attached hydrogens (tertiary/aromatic N) is 2. The molecular weight excluding hydrogens is 522 g/mol. The first-order chi connectivity index (χ1) is 19.2. The van der Waals surface area contributed by atoms with Crippen molar-refractivity contribution in [3.8, 4) is 34.0 Å². The number of benzene rings is 4. The molecule has 7 heteroatoms. The van der Waals surface area contributed by atoms with E-state index in [0.717, 1.165) is 33.5 Å². The molecule has 1 N–H and O–H groups in total. The standard InChI is InChI=1S/C33H28ClN3O3/c1-20-9-7-11-25(19-20)31-30(33(40-23(4)38)37(36-31)29-14-8-10-21(2)22(29)3)24-15-17-26(18-16-24)35-32(39)27-12-5-6-13-28(27)34/h5-19H,1-4H3,(H,35,39). The molecule has 0 saturated carbocycles. The molecule has 0 spiro atoms. The number of hydrogen-bond acceptors (Lipinski definition) is 4. The van der Waals surface area contributed by atoms with Gasteiger partial charge in [0.2, 0.25) is 5.88 Å². The third-order valence-corrected chi connectivity index (χ3v) is 7.06. The molecule has 4 aromatic carbocycles. The van der Waals surface area contributed by atoms with Crippen molar-refractivity contribution in [2.24, 2.45) is 0 Å². The molecule has 5 aromatic rings. The van der Waals surface area contributed by atoms with Crippen molar-refractivity contribution in [3.63, 3.8) is 0 Å². The van der Waals surface area contributed by atoms with E-state index in [1.165, 1.54) is 6.92 Å². The van der Waals surface area contributed by atoms with E-state index >= 15 is 0 Å². The summed E-state index contributed by atoms with van der Waals surface area (Å²) < 4.78 is 7.55. The van der Waals surface area contributed by atoms with Crippen LogP contribution in [0.3, 0.4) is 0 Å². The van der Waals surface area contributed by atoms with Gasteiger partial charge in [-0.25, -0.2) is 0 Å². The fraction of sp³-hybridized carbons (Fsp3) is 0.121. The first-order valence-electron chi connectivity index (χ1n) is 12.8. The molecule has 5 rings (SSSR count). The number of hydrogen-bond donors (Lipinski definition) is 1. The molecule has 0 aliphatic rings. The molecule has 0 aliphatic heterocycles. The Morgan fingerprint density at radius 3 is 2.27 bits per heavy atom. The normalized spacial score (nSPS) is 10.8. The largest absolute Gasteiger partial charge is 0.407 e. The lowest BCUT2D eigenvalue weighted by Gasteiger charge is -2.13. The molecule has 200 valence electrons. The number of aromatic nitrogens is 2. The zero-order chi connectivity index (χ0) is 28.4. The van der Waals surface area contributed by atoms with Gasteiger partial charge in [0.1, 0.15) is 5.69 Å². The monoisotopic (exact) mass is 549 g/mol. The van der Waals surface area contributed by atoms with Gasteiger partial charge < -0.3 is 10.1 Å². The number of amides is 1. The topological polar surface area (TPSA) is 73.2 Å². The van der Waals surface area contributed by atoms with Crippen LogP contribution in [-0.2, 0) is 4.79 Å². The highest BCUT2D eigenvalue weighted by atomic mass is 35.5. The third kappa shape index (κ3) is 5.40. The Balaban J connectivity index is 1.65. The Morgan fingerprint density at radius 1 is 0.850 bits per heavy atom. The summed E-state index contributed by atoms with van der Waals surface area (Å²) >= 11 is 6.20. The van der Waals surface area contributed by atoms with E-state index in [1.54, 1.807) is 41.1 Å². The van der Waals surface area contributed by atoms with Gasteiger partial charge in [-0.15, -0.1) is 0 Å². The minimum atomic E-state index is -0.452. The number of carbonyl (C=O) groups excluding carboxylic acids is 2. The lowest BCUT2D eigenvalue weighted by atomic mass is 9.99. The lowest BCUT2D eigenvalue weighted by Crippen LogP contribution is -2.12. The van der Waals surface area contributed by atoms with Crippen molar-refractivity contribution < 1.29 is 14.3 Å². The maximum Gasteiger partial charge on any atom is 0.309 e. The van der Waals surface area contributed by atoms with E-state index in [1.807, 2.05) is 69.3 Å². The minimum absolute atomic E-state index is 0.304. The predicted molar refractivity (Wildman–Crippen MR) is 159 cm³/mol. The van der Waals surface area contributed by atoms with E-state index < -0.39 is 5.97 Å². The number of halogens is 1. The van der Waals surface area contributed by atoms with Crippen molar-refractivity contribution in [1.29, 1.82) is 0 Å². The second-order valence-corrected chi connectivity index (χ2v) is 10.0. The maximum absolute atomic E-state index is 12.8. The van der Waals surface area contributed by atoms with Crippen LogP contribution in [0.4, 0.5) is 5.69 Å². The average Bonchev–Trinajstić information content (AvgIpc) is 3.29. The average molecular weight is 550 g/mol. The van der Waals surface area contributed by atoms with Crippen molar-refractivity contribution in [2.75, 3.05) is 5.32 Å². The number of nitrogens with one attached hydrogen (secondary N) is 1. The van der Waals surface area contributed by atoms with Gasteiger partial charge >= 0.3 is 5.97 Å². The van der Waals surface area contributed by atoms with Crippen LogP contribution < -0.4 is 10.1 Å². The maximum atomic E-state index is 12.8. The van der Waals surface area contributed by atoms with Gasteiger partial charge in [-0.1, -0.05) is 71.8 Å². The molecule has 0 atom stereocenters. The number of anilines is 1. The third-order valence-electron chi connectivity index (χ3n) is 6.73. The molecular formula is C33H28ClN3O3. The van der Waals surface area contributed by atoms with Gasteiger partial charge in [-0.3, -0.25) is 9.59 Å². The van der Waals surface area contributed by atoms with Crippen LogP contribution in [0.25, 0.3) is 28.1 Å². The lowest BCUT2D eigenvalue weighted by molar-refractivity contribution is -0.132. The van der Waals surface area contributed by atoms with Gasteiger partial charge in [-0.2, -0.15) is 9.78 Å². The van der Waals surface area contributed by atoms with Gasteiger partial charge in [0.25, 0.3) is 5.91 Å². The molecule has 1 heterocycles. The van der Waals surface area contributed by atoms with Crippen molar-refractivity contribution in [2.45, 2.75) is 27.7 Å². The Bertz CT molecular complexity index is 1740. The van der Waals surface area contributed by atoms with E-state index in [2.05, 4.69) is 11.4 Å². The van der Waals surface area contributed by atoms with E-state index in [-0.39, 0.29) is 5.91 Å². The van der Waals surface area contributed by atoms with Crippen LogP contribution in [-0.4, -0.2) is 21.7 Å². The Labute approximate surface area is 238 Å². The number of carbonyl (C=O) groups is 2. The summed E-state index contributed by atoms with van der Waals surface area (Å²) in [7, 11) is 0. The zero-order valence-electron chi connectivity index (χ0n) is 22.7. The fourth-order valence-electron chi connectivity index (χ4n) is 4.58. The summed E-state index contributed by atoms with van der Waals surface area (Å²) in [4.78, 5) is 25.1. The summed E-state index contributed by atoms with van der Waals surface area (Å²) in [5.74, 6) is -0.431. The zero-order valence-corrected chi connectivity index (χ0v) is 23.4. The predicted octanol–water partition coefficient (Wildman–Crippen LogP) is 7.96. The molecule has 6 nitrogen and oxygen atoms in total. The van der Waals surface area contributed by atoms with Gasteiger partial charge in [-0.05, 0) is 73.9 Å². The number of ether oxygens (including phenoxy) is 1. The Morgan fingerprint density at radius 2 is 1.57 bits per heavy atom. The van der Waals surface area contributed by atoms with E-state index in [0.29, 0.717) is 33.4 Å². The van der Waals surface area contributed by atoms with Crippen LogP contribution in [0, 0.1) is 20.8 Å². The molecule has 0 unspecified atom stereocenters. The van der Waals surface area contributed by atoms with Crippen LogP contribution in [0.5, 0.6) is 5.88 Å². The van der Waals surface area contributed by atoms with Gasteiger partial charge in [0.05, 0.1) is 21.8 Å². The van der Waals surface area contributed by atoms with Crippen molar-refractivity contribution in [3.05, 3.63) is 118 Å². The molecule has 0 aliphatic carbocycles. The van der Waals surface area contributed by atoms with Crippen LogP contribution in [0.1, 0.15) is 34.0 Å². The number of rotatable bonds is 6. The van der Waals surface area contributed by atoms with Crippen LogP contribution >= 0.6 is 11.6 Å². The molecule has 0 bridgehead atoms. The molecule has 0 saturated heterocycles. The van der Waals surface area contributed by atoms with Gasteiger partial charge in [0, 0.05) is 18.2 Å². The highest BCUT2D eigenvalue weighted by Gasteiger charge is 2.25. The fourth-order valence-corrected chi connectivity index (χ4v) is 4.80. The molecule has 0 fully saturated rings. The van der Waals surface area contributed by atoms with Crippen LogP contribution in [0.15, 0.2) is 91.0 Å². The quantitative estimate of drug-likeness (QED) is 0.218. The van der Waals surface area contributed by atoms with Crippen molar-refractivity contribution >= 4 is 29.2 Å². The molecule has 0 radical (unpaired) electrons. The highest BCUT2D eigenvalue weighted by Crippen LogP contribution is 2.42. The summed E-state index contributed by atoms with van der Waals surface area (Å²) in [5, 5.41) is 8.27. The SMILES string of the molecule is CC(=O)Oc1c(-c2ccc(NC(=O)c3ccccc3Cl)cc2)c(-c2cccc(C)c2)nn1-c1cccc(C)c1C. The number of aryl methyl sites for hydroxylation is 2. The summed E-state index contributed by atoms with van der Waals surface area (Å²) in [6.45, 7) is 7.45. The summed E-state index contributed by atoms with van der Waals surface area (Å²) in [5.41, 5.74) is 8.03. The molecule has 1 amide bonds.